The molecule has 1 rings (SSSR count). The third-order valence-electron chi connectivity index (χ3n) is 2.96. The summed E-state index contributed by atoms with van der Waals surface area (Å²) in [6, 6.07) is 0. The second kappa shape index (κ2) is 6.28. The van der Waals surface area contributed by atoms with Crippen LogP contribution in [0.5, 0.6) is 0 Å². The summed E-state index contributed by atoms with van der Waals surface area (Å²) in [5.74, 6) is 1.31. The molecule has 0 aromatic carbocycles. The lowest BCUT2D eigenvalue weighted by Gasteiger charge is -2.23. The van der Waals surface area contributed by atoms with Gasteiger partial charge in [0.25, 0.3) is 0 Å². The molecule has 0 unspecified atom stereocenters. The van der Waals surface area contributed by atoms with Crippen molar-refractivity contribution in [3.63, 3.8) is 0 Å². The molecular formula is C11H20ClNO. The Kier molecular flexibility index (Phi) is 5.31. The molecule has 1 aliphatic carbocycles. The SMILES string of the molecule is CCN(CCCCl)C(=O)C1CCCC1. The van der Waals surface area contributed by atoms with Crippen molar-refractivity contribution in [3.8, 4) is 0 Å². The number of rotatable bonds is 5. The third-order valence-corrected chi connectivity index (χ3v) is 3.23. The standard InChI is InChI=1S/C11H20ClNO/c1-2-13(9-5-8-12)11(14)10-6-3-4-7-10/h10H,2-9H2,1H3. The predicted octanol–water partition coefficient (Wildman–Crippen LogP) is 2.65. The Morgan fingerprint density at radius 2 is 2.07 bits per heavy atom. The van der Waals surface area contributed by atoms with E-state index in [0.717, 1.165) is 32.4 Å². The average molecular weight is 218 g/mol. The Balaban J connectivity index is 2.37. The van der Waals surface area contributed by atoms with Crippen molar-refractivity contribution in [2.45, 2.75) is 39.0 Å². The molecule has 14 heavy (non-hydrogen) atoms. The zero-order valence-corrected chi connectivity index (χ0v) is 9.72. The number of hydrogen-bond acceptors (Lipinski definition) is 1. The van der Waals surface area contributed by atoms with Crippen LogP contribution in [0.3, 0.4) is 0 Å². The van der Waals surface area contributed by atoms with Crippen LogP contribution in [0.25, 0.3) is 0 Å². The Hall–Kier alpha value is -0.240. The lowest BCUT2D eigenvalue weighted by atomic mass is 10.1. The van der Waals surface area contributed by atoms with Crippen molar-refractivity contribution in [1.29, 1.82) is 0 Å². The number of amides is 1. The van der Waals surface area contributed by atoms with Crippen molar-refractivity contribution in [2.24, 2.45) is 5.92 Å². The Labute approximate surface area is 91.6 Å². The van der Waals surface area contributed by atoms with Gasteiger partial charge in [0.05, 0.1) is 0 Å². The fourth-order valence-corrected chi connectivity index (χ4v) is 2.23. The van der Waals surface area contributed by atoms with Crippen LogP contribution in [0.2, 0.25) is 0 Å². The summed E-state index contributed by atoms with van der Waals surface area (Å²) < 4.78 is 0. The molecule has 0 aliphatic heterocycles. The molecule has 3 heteroatoms. The van der Waals surface area contributed by atoms with Crippen LogP contribution in [0.1, 0.15) is 39.0 Å². The van der Waals surface area contributed by atoms with Gasteiger partial charge < -0.3 is 4.90 Å². The molecule has 0 spiro atoms. The first-order valence-corrected chi connectivity index (χ1v) is 6.17. The van der Waals surface area contributed by atoms with Gasteiger partial charge in [-0.15, -0.1) is 11.6 Å². The normalized spacial score (nSPS) is 17.3. The lowest BCUT2D eigenvalue weighted by Crippen LogP contribution is -2.36. The van der Waals surface area contributed by atoms with Crippen molar-refractivity contribution >= 4 is 17.5 Å². The van der Waals surface area contributed by atoms with Gasteiger partial charge >= 0.3 is 0 Å². The van der Waals surface area contributed by atoms with Crippen LogP contribution in [-0.4, -0.2) is 29.8 Å². The van der Waals surface area contributed by atoms with E-state index in [1.165, 1.54) is 12.8 Å². The minimum absolute atomic E-state index is 0.310. The Bertz CT molecular complexity index is 178. The maximum atomic E-state index is 12.0. The van der Waals surface area contributed by atoms with Gasteiger partial charge in [0, 0.05) is 24.9 Å². The molecule has 0 heterocycles. The number of alkyl halides is 1. The summed E-state index contributed by atoms with van der Waals surface area (Å²) >= 11 is 5.63. The third kappa shape index (κ3) is 3.16. The average Bonchev–Trinajstić information content (AvgIpc) is 2.71. The number of carbonyl (C=O) groups is 1. The topological polar surface area (TPSA) is 20.3 Å². The summed E-state index contributed by atoms with van der Waals surface area (Å²) in [6.07, 6.45) is 5.55. The molecule has 1 amide bonds. The van der Waals surface area contributed by atoms with E-state index >= 15 is 0 Å². The monoisotopic (exact) mass is 217 g/mol. The summed E-state index contributed by atoms with van der Waals surface area (Å²) in [5.41, 5.74) is 0. The van der Waals surface area contributed by atoms with Crippen molar-refractivity contribution in [2.75, 3.05) is 19.0 Å². The smallest absolute Gasteiger partial charge is 0.225 e. The summed E-state index contributed by atoms with van der Waals surface area (Å²) in [6.45, 7) is 3.70. The number of carbonyl (C=O) groups excluding carboxylic acids is 1. The van der Waals surface area contributed by atoms with E-state index in [1.807, 2.05) is 11.8 Å². The zero-order chi connectivity index (χ0) is 10.4. The molecule has 1 aliphatic rings. The summed E-state index contributed by atoms with van der Waals surface area (Å²) in [4.78, 5) is 13.9. The van der Waals surface area contributed by atoms with Crippen LogP contribution in [-0.2, 0) is 4.79 Å². The minimum atomic E-state index is 0.310. The highest BCUT2D eigenvalue weighted by Gasteiger charge is 2.25. The van der Waals surface area contributed by atoms with Crippen LogP contribution in [0.4, 0.5) is 0 Å². The first-order chi connectivity index (χ1) is 6.79. The van der Waals surface area contributed by atoms with Crippen molar-refractivity contribution < 1.29 is 4.79 Å². The molecule has 0 radical (unpaired) electrons. The first-order valence-electron chi connectivity index (χ1n) is 5.64. The summed E-state index contributed by atoms with van der Waals surface area (Å²) in [5, 5.41) is 0. The van der Waals surface area contributed by atoms with Gasteiger partial charge in [-0.1, -0.05) is 12.8 Å². The molecule has 0 saturated heterocycles. The van der Waals surface area contributed by atoms with Gasteiger partial charge in [-0.3, -0.25) is 4.79 Å². The molecule has 0 atom stereocenters. The van der Waals surface area contributed by atoms with Gasteiger partial charge in [-0.2, -0.15) is 0 Å². The molecule has 0 aromatic heterocycles. The van der Waals surface area contributed by atoms with Crippen LogP contribution < -0.4 is 0 Å². The largest absolute Gasteiger partial charge is 0.343 e. The van der Waals surface area contributed by atoms with E-state index in [1.54, 1.807) is 0 Å². The molecule has 2 nitrogen and oxygen atoms in total. The molecule has 0 bridgehead atoms. The van der Waals surface area contributed by atoms with E-state index in [0.29, 0.717) is 17.7 Å². The zero-order valence-electron chi connectivity index (χ0n) is 8.97. The molecule has 0 aromatic rings. The number of halogens is 1. The molecule has 0 N–H and O–H groups in total. The number of nitrogens with zero attached hydrogens (tertiary/aromatic N) is 1. The minimum Gasteiger partial charge on any atom is -0.343 e. The quantitative estimate of drug-likeness (QED) is 0.649. The molecule has 1 saturated carbocycles. The van der Waals surface area contributed by atoms with Gasteiger partial charge in [-0.05, 0) is 26.2 Å². The van der Waals surface area contributed by atoms with E-state index in [4.69, 9.17) is 11.6 Å². The van der Waals surface area contributed by atoms with E-state index in [9.17, 15) is 4.79 Å². The molecule has 82 valence electrons. The summed E-state index contributed by atoms with van der Waals surface area (Å²) in [7, 11) is 0. The number of hydrogen-bond donors (Lipinski definition) is 0. The van der Waals surface area contributed by atoms with Crippen LogP contribution in [0.15, 0.2) is 0 Å². The van der Waals surface area contributed by atoms with Gasteiger partial charge in [-0.25, -0.2) is 0 Å². The second-order valence-electron chi connectivity index (χ2n) is 3.94. The van der Waals surface area contributed by atoms with Gasteiger partial charge in [0.2, 0.25) is 5.91 Å². The van der Waals surface area contributed by atoms with Gasteiger partial charge in [0.1, 0.15) is 0 Å². The maximum Gasteiger partial charge on any atom is 0.225 e. The highest BCUT2D eigenvalue weighted by Crippen LogP contribution is 2.26. The maximum absolute atomic E-state index is 12.0. The predicted molar refractivity (Wildman–Crippen MR) is 59.5 cm³/mol. The Morgan fingerprint density at radius 3 is 2.57 bits per heavy atom. The first kappa shape index (κ1) is 11.8. The molecular weight excluding hydrogens is 198 g/mol. The van der Waals surface area contributed by atoms with Crippen LogP contribution >= 0.6 is 11.6 Å². The molecule has 1 fully saturated rings. The van der Waals surface area contributed by atoms with Crippen molar-refractivity contribution in [3.05, 3.63) is 0 Å². The van der Waals surface area contributed by atoms with E-state index < -0.39 is 0 Å². The van der Waals surface area contributed by atoms with E-state index in [-0.39, 0.29) is 0 Å². The highest BCUT2D eigenvalue weighted by atomic mass is 35.5. The van der Waals surface area contributed by atoms with Crippen LogP contribution in [0, 0.1) is 5.92 Å². The fourth-order valence-electron chi connectivity index (χ4n) is 2.11. The fraction of sp³-hybridized carbons (Fsp3) is 0.909. The van der Waals surface area contributed by atoms with Crippen molar-refractivity contribution in [1.82, 2.24) is 4.90 Å². The van der Waals surface area contributed by atoms with Gasteiger partial charge in [0.15, 0.2) is 0 Å². The Morgan fingerprint density at radius 1 is 1.43 bits per heavy atom. The van der Waals surface area contributed by atoms with E-state index in [2.05, 4.69) is 0 Å². The second-order valence-corrected chi connectivity index (χ2v) is 4.32. The lowest BCUT2D eigenvalue weighted by molar-refractivity contribution is -0.135. The highest BCUT2D eigenvalue weighted by molar-refractivity contribution is 6.17.